The van der Waals surface area contributed by atoms with E-state index < -0.39 is 6.29 Å². The Morgan fingerprint density at radius 3 is 2.77 bits per heavy atom. The minimum absolute atomic E-state index is 0.0619. The normalized spacial score (nSPS) is 10.4. The maximum atomic E-state index is 9.46. The number of hydrogen-bond donors (Lipinski definition) is 3. The molecule has 13 heavy (non-hydrogen) atoms. The lowest BCUT2D eigenvalue weighted by Gasteiger charge is -2.08. The summed E-state index contributed by atoms with van der Waals surface area (Å²) in [6.45, 7) is 3.50. The number of aliphatic hydroxyl groups is 2. The van der Waals surface area contributed by atoms with Crippen molar-refractivity contribution >= 4 is 0 Å². The molecule has 4 heteroatoms. The molecule has 0 unspecified atom stereocenters. The Hall–Kier alpha value is -1.39. The van der Waals surface area contributed by atoms with Gasteiger partial charge in [-0.05, 0) is 6.07 Å². The summed E-state index contributed by atoms with van der Waals surface area (Å²) in [5, 5.41) is 27.1. The number of nitrogens with zero attached hydrogens (tertiary/aromatic N) is 1. The van der Waals surface area contributed by atoms with Crippen LogP contribution in [0, 0.1) is 0 Å². The first-order valence-electron chi connectivity index (χ1n) is 3.80. The van der Waals surface area contributed by atoms with Crippen molar-refractivity contribution in [2.75, 3.05) is 0 Å². The molecule has 0 aliphatic heterocycles. The second-order valence-corrected chi connectivity index (χ2v) is 2.56. The zero-order chi connectivity index (χ0) is 9.84. The molecule has 1 aromatic rings. The van der Waals surface area contributed by atoms with Gasteiger partial charge in [0.2, 0.25) is 0 Å². The van der Waals surface area contributed by atoms with Crippen LogP contribution in [0.2, 0.25) is 0 Å². The highest BCUT2D eigenvalue weighted by Gasteiger charge is 2.12. The molecule has 1 rings (SSSR count). The van der Waals surface area contributed by atoms with Crippen molar-refractivity contribution in [1.29, 1.82) is 0 Å². The van der Waals surface area contributed by atoms with Crippen LogP contribution in [0.15, 0.2) is 24.9 Å². The largest absolute Gasteiger partial charge is 0.506 e. The Morgan fingerprint density at radius 2 is 2.23 bits per heavy atom. The van der Waals surface area contributed by atoms with Crippen LogP contribution in [0.4, 0.5) is 0 Å². The fourth-order valence-electron chi connectivity index (χ4n) is 1.01. The molecule has 0 amide bonds. The predicted octanol–water partition coefficient (Wildman–Crippen LogP) is 0.499. The van der Waals surface area contributed by atoms with Crippen molar-refractivity contribution < 1.29 is 15.3 Å². The maximum absolute atomic E-state index is 9.46. The lowest BCUT2D eigenvalue weighted by molar-refractivity contribution is -0.0440. The monoisotopic (exact) mass is 181 g/mol. The van der Waals surface area contributed by atoms with Gasteiger partial charge >= 0.3 is 0 Å². The van der Waals surface area contributed by atoms with Crippen LogP contribution in [-0.2, 0) is 6.42 Å². The molecule has 0 atom stereocenters. The predicted molar refractivity (Wildman–Crippen MR) is 47.0 cm³/mol. The van der Waals surface area contributed by atoms with Crippen LogP contribution in [0.5, 0.6) is 5.75 Å². The summed E-state index contributed by atoms with van der Waals surface area (Å²) in [6.07, 6.45) is 1.71. The van der Waals surface area contributed by atoms with Gasteiger partial charge < -0.3 is 15.3 Å². The standard InChI is InChI=1S/C9H11NO3/c1-2-3-7-8(11)6(9(12)13)4-5-10-7/h2,4-5,9,11-13H,1,3H2. The van der Waals surface area contributed by atoms with E-state index >= 15 is 0 Å². The number of aromatic hydroxyl groups is 1. The fraction of sp³-hybridized carbons (Fsp3) is 0.222. The summed E-state index contributed by atoms with van der Waals surface area (Å²) >= 11 is 0. The molecule has 3 N–H and O–H groups in total. The third-order valence-corrected chi connectivity index (χ3v) is 1.65. The Morgan fingerprint density at radius 1 is 1.54 bits per heavy atom. The smallest absolute Gasteiger partial charge is 0.182 e. The Labute approximate surface area is 75.8 Å². The van der Waals surface area contributed by atoms with Gasteiger partial charge in [-0.3, -0.25) is 4.98 Å². The summed E-state index contributed by atoms with van der Waals surface area (Å²) in [6, 6.07) is 1.35. The molecular weight excluding hydrogens is 170 g/mol. The summed E-state index contributed by atoms with van der Waals surface area (Å²) in [4.78, 5) is 3.87. The van der Waals surface area contributed by atoms with Crippen molar-refractivity contribution in [3.63, 3.8) is 0 Å². The van der Waals surface area contributed by atoms with E-state index in [1.54, 1.807) is 6.08 Å². The lowest BCUT2D eigenvalue weighted by Crippen LogP contribution is -1.99. The molecule has 0 aliphatic carbocycles. The maximum Gasteiger partial charge on any atom is 0.182 e. The van der Waals surface area contributed by atoms with E-state index in [-0.39, 0.29) is 11.3 Å². The van der Waals surface area contributed by atoms with Gasteiger partial charge in [0.25, 0.3) is 0 Å². The van der Waals surface area contributed by atoms with Gasteiger partial charge in [-0.15, -0.1) is 6.58 Å². The van der Waals surface area contributed by atoms with E-state index in [1.807, 2.05) is 0 Å². The zero-order valence-corrected chi connectivity index (χ0v) is 7.01. The number of aliphatic hydroxyl groups excluding tert-OH is 1. The van der Waals surface area contributed by atoms with Gasteiger partial charge in [-0.1, -0.05) is 6.08 Å². The van der Waals surface area contributed by atoms with E-state index in [0.29, 0.717) is 12.1 Å². The molecule has 0 radical (unpaired) electrons. The van der Waals surface area contributed by atoms with Gasteiger partial charge in [0.05, 0.1) is 11.3 Å². The van der Waals surface area contributed by atoms with Gasteiger partial charge in [0.15, 0.2) is 6.29 Å². The van der Waals surface area contributed by atoms with E-state index in [2.05, 4.69) is 11.6 Å². The average Bonchev–Trinajstić information content (AvgIpc) is 2.08. The average molecular weight is 181 g/mol. The van der Waals surface area contributed by atoms with Gasteiger partial charge in [0, 0.05) is 12.6 Å². The number of rotatable bonds is 3. The highest BCUT2D eigenvalue weighted by molar-refractivity contribution is 5.36. The van der Waals surface area contributed by atoms with Crippen LogP contribution in [0.25, 0.3) is 0 Å². The topological polar surface area (TPSA) is 73.6 Å². The molecule has 4 nitrogen and oxygen atoms in total. The van der Waals surface area contributed by atoms with Gasteiger partial charge in [-0.2, -0.15) is 0 Å². The van der Waals surface area contributed by atoms with Crippen LogP contribution >= 0.6 is 0 Å². The van der Waals surface area contributed by atoms with Crippen LogP contribution in [-0.4, -0.2) is 20.3 Å². The number of pyridine rings is 1. The minimum atomic E-state index is -1.67. The Kier molecular flexibility index (Phi) is 3.00. The minimum Gasteiger partial charge on any atom is -0.506 e. The molecule has 0 fully saturated rings. The third-order valence-electron chi connectivity index (χ3n) is 1.65. The van der Waals surface area contributed by atoms with Crippen molar-refractivity contribution in [3.8, 4) is 5.75 Å². The second kappa shape index (κ2) is 4.02. The summed E-state index contributed by atoms with van der Waals surface area (Å²) in [7, 11) is 0. The Balaban J connectivity index is 3.10. The van der Waals surface area contributed by atoms with E-state index in [0.717, 1.165) is 0 Å². The third kappa shape index (κ3) is 2.05. The van der Waals surface area contributed by atoms with Crippen molar-refractivity contribution in [2.45, 2.75) is 12.7 Å². The SMILES string of the molecule is C=CCc1nccc(C(O)O)c1O. The molecule has 1 aromatic heterocycles. The number of hydrogen-bond acceptors (Lipinski definition) is 4. The summed E-state index contributed by atoms with van der Waals surface area (Å²) in [5.41, 5.74) is 0.451. The fourth-order valence-corrected chi connectivity index (χ4v) is 1.01. The molecule has 0 bridgehead atoms. The lowest BCUT2D eigenvalue weighted by atomic mass is 10.1. The molecule has 0 saturated heterocycles. The first-order valence-corrected chi connectivity index (χ1v) is 3.80. The molecule has 1 heterocycles. The van der Waals surface area contributed by atoms with Crippen LogP contribution in [0.1, 0.15) is 17.5 Å². The first-order chi connectivity index (χ1) is 6.16. The van der Waals surface area contributed by atoms with E-state index in [4.69, 9.17) is 10.2 Å². The van der Waals surface area contributed by atoms with Crippen LogP contribution < -0.4 is 0 Å². The number of aromatic nitrogens is 1. The van der Waals surface area contributed by atoms with Crippen molar-refractivity contribution in [1.82, 2.24) is 4.98 Å². The molecule has 0 aromatic carbocycles. The van der Waals surface area contributed by atoms with Crippen molar-refractivity contribution in [3.05, 3.63) is 36.2 Å². The van der Waals surface area contributed by atoms with Crippen molar-refractivity contribution in [2.24, 2.45) is 0 Å². The molecule has 0 saturated carbocycles. The zero-order valence-electron chi connectivity index (χ0n) is 7.01. The quantitative estimate of drug-likeness (QED) is 0.469. The molecule has 0 spiro atoms. The number of allylic oxidation sites excluding steroid dienone is 1. The molecule has 0 aliphatic rings. The first kappa shape index (κ1) is 9.70. The van der Waals surface area contributed by atoms with E-state index in [9.17, 15) is 5.11 Å². The van der Waals surface area contributed by atoms with Gasteiger partial charge in [-0.25, -0.2) is 0 Å². The highest BCUT2D eigenvalue weighted by atomic mass is 16.5. The molecular formula is C9H11NO3. The molecule has 70 valence electrons. The highest BCUT2D eigenvalue weighted by Crippen LogP contribution is 2.25. The Bertz CT molecular complexity index is 310. The van der Waals surface area contributed by atoms with Crippen LogP contribution in [0.3, 0.4) is 0 Å². The summed E-state index contributed by atoms with van der Waals surface area (Å²) < 4.78 is 0. The summed E-state index contributed by atoms with van der Waals surface area (Å²) in [5.74, 6) is -0.183. The van der Waals surface area contributed by atoms with Gasteiger partial charge in [0.1, 0.15) is 5.75 Å². The second-order valence-electron chi connectivity index (χ2n) is 2.56. The van der Waals surface area contributed by atoms with E-state index in [1.165, 1.54) is 12.3 Å².